The van der Waals surface area contributed by atoms with E-state index in [0.717, 1.165) is 6.42 Å². The van der Waals surface area contributed by atoms with Crippen molar-refractivity contribution in [2.45, 2.75) is 32.2 Å². The maximum absolute atomic E-state index is 10.8. The molecule has 4 nitrogen and oxygen atoms in total. The summed E-state index contributed by atoms with van der Waals surface area (Å²) in [5, 5.41) is 17.7. The van der Waals surface area contributed by atoms with Gasteiger partial charge in [0.1, 0.15) is 0 Å². The second-order valence-corrected chi connectivity index (χ2v) is 4.29. The molecule has 0 radical (unpaired) electrons. The molecule has 1 aliphatic heterocycles. The first-order chi connectivity index (χ1) is 5.97. The smallest absolute Gasteiger partial charge is 0.407 e. The SMILES string of the molecule is CC1(C)C[C@H](CCO)CN1C(=O)O. The topological polar surface area (TPSA) is 60.8 Å². The van der Waals surface area contributed by atoms with Gasteiger partial charge in [0.25, 0.3) is 0 Å². The lowest BCUT2D eigenvalue weighted by atomic mass is 9.95. The fraction of sp³-hybridized carbons (Fsp3) is 0.889. The van der Waals surface area contributed by atoms with Crippen molar-refractivity contribution in [2.75, 3.05) is 13.2 Å². The highest BCUT2D eigenvalue weighted by Crippen LogP contribution is 2.33. The van der Waals surface area contributed by atoms with Gasteiger partial charge in [0.05, 0.1) is 0 Å². The molecule has 76 valence electrons. The molecule has 0 unspecified atom stereocenters. The van der Waals surface area contributed by atoms with Crippen LogP contribution in [0.3, 0.4) is 0 Å². The summed E-state index contributed by atoms with van der Waals surface area (Å²) in [6, 6.07) is 0. The van der Waals surface area contributed by atoms with E-state index in [9.17, 15) is 4.79 Å². The van der Waals surface area contributed by atoms with Crippen LogP contribution in [0.15, 0.2) is 0 Å². The van der Waals surface area contributed by atoms with E-state index in [2.05, 4.69) is 0 Å². The predicted molar refractivity (Wildman–Crippen MR) is 48.6 cm³/mol. The van der Waals surface area contributed by atoms with E-state index in [1.54, 1.807) is 0 Å². The van der Waals surface area contributed by atoms with Crippen LogP contribution in [-0.2, 0) is 0 Å². The molecule has 0 spiro atoms. The third-order valence-corrected chi connectivity index (χ3v) is 2.73. The largest absolute Gasteiger partial charge is 0.465 e. The number of likely N-dealkylation sites (tertiary alicyclic amines) is 1. The zero-order valence-corrected chi connectivity index (χ0v) is 8.16. The Balaban J connectivity index is 2.62. The number of rotatable bonds is 2. The number of hydrogen-bond acceptors (Lipinski definition) is 2. The minimum absolute atomic E-state index is 0.147. The van der Waals surface area contributed by atoms with E-state index in [0.29, 0.717) is 18.9 Å². The van der Waals surface area contributed by atoms with Gasteiger partial charge in [0.15, 0.2) is 0 Å². The number of amides is 1. The van der Waals surface area contributed by atoms with Gasteiger partial charge in [-0.25, -0.2) is 4.79 Å². The minimum Gasteiger partial charge on any atom is -0.465 e. The van der Waals surface area contributed by atoms with Gasteiger partial charge in [-0.1, -0.05) is 0 Å². The molecule has 1 amide bonds. The lowest BCUT2D eigenvalue weighted by Gasteiger charge is -2.28. The van der Waals surface area contributed by atoms with Crippen LogP contribution in [0.5, 0.6) is 0 Å². The standard InChI is InChI=1S/C9H17NO3/c1-9(2)5-7(3-4-11)6-10(9)8(12)13/h7,11H,3-6H2,1-2H3,(H,12,13)/t7-/m0/s1. The van der Waals surface area contributed by atoms with Gasteiger partial charge >= 0.3 is 6.09 Å². The van der Waals surface area contributed by atoms with Crippen molar-refractivity contribution in [2.24, 2.45) is 5.92 Å². The summed E-state index contributed by atoms with van der Waals surface area (Å²) in [5.41, 5.74) is -0.272. The molecule has 0 saturated carbocycles. The summed E-state index contributed by atoms with van der Waals surface area (Å²) in [7, 11) is 0. The first-order valence-corrected chi connectivity index (χ1v) is 4.59. The molecule has 13 heavy (non-hydrogen) atoms. The molecule has 4 heteroatoms. The van der Waals surface area contributed by atoms with Gasteiger partial charge in [-0.2, -0.15) is 0 Å². The van der Waals surface area contributed by atoms with Crippen molar-refractivity contribution in [3.8, 4) is 0 Å². The van der Waals surface area contributed by atoms with Gasteiger partial charge in [-0.15, -0.1) is 0 Å². The molecule has 1 aliphatic rings. The first kappa shape index (κ1) is 10.3. The van der Waals surface area contributed by atoms with Crippen LogP contribution in [0.4, 0.5) is 4.79 Å². The van der Waals surface area contributed by atoms with Gasteiger partial charge in [0.2, 0.25) is 0 Å². The molecule has 0 aromatic heterocycles. The van der Waals surface area contributed by atoms with Crippen LogP contribution in [0, 0.1) is 5.92 Å². The quantitative estimate of drug-likeness (QED) is 0.681. The van der Waals surface area contributed by atoms with Crippen LogP contribution < -0.4 is 0 Å². The summed E-state index contributed by atoms with van der Waals surface area (Å²) in [6.07, 6.45) is 0.693. The Hall–Kier alpha value is -0.770. The monoisotopic (exact) mass is 187 g/mol. The Labute approximate surface area is 78.2 Å². The van der Waals surface area contributed by atoms with Crippen molar-refractivity contribution in [3.63, 3.8) is 0 Å². The van der Waals surface area contributed by atoms with Crippen LogP contribution in [-0.4, -0.2) is 39.9 Å². The number of aliphatic hydroxyl groups excluding tert-OH is 1. The van der Waals surface area contributed by atoms with Crippen molar-refractivity contribution >= 4 is 6.09 Å². The number of hydrogen-bond donors (Lipinski definition) is 2. The molecule has 0 aliphatic carbocycles. The highest BCUT2D eigenvalue weighted by atomic mass is 16.4. The third-order valence-electron chi connectivity index (χ3n) is 2.73. The first-order valence-electron chi connectivity index (χ1n) is 4.59. The Morgan fingerprint density at radius 3 is 2.62 bits per heavy atom. The number of nitrogens with zero attached hydrogens (tertiary/aromatic N) is 1. The van der Waals surface area contributed by atoms with Crippen molar-refractivity contribution in [3.05, 3.63) is 0 Å². The Kier molecular flexibility index (Phi) is 2.81. The predicted octanol–water partition coefficient (Wildman–Crippen LogP) is 1.15. The summed E-state index contributed by atoms with van der Waals surface area (Å²) >= 11 is 0. The maximum atomic E-state index is 10.8. The zero-order valence-electron chi connectivity index (χ0n) is 8.16. The molecule has 0 aromatic carbocycles. The molecule has 0 aromatic rings. The van der Waals surface area contributed by atoms with Crippen LogP contribution in [0.1, 0.15) is 26.7 Å². The van der Waals surface area contributed by atoms with Gasteiger partial charge < -0.3 is 15.1 Å². The van der Waals surface area contributed by atoms with Crippen LogP contribution in [0.2, 0.25) is 0 Å². The molecule has 1 atom stereocenters. The number of aliphatic hydroxyl groups is 1. The lowest BCUT2D eigenvalue weighted by molar-refractivity contribution is 0.116. The minimum atomic E-state index is -0.856. The summed E-state index contributed by atoms with van der Waals surface area (Å²) in [4.78, 5) is 12.3. The second kappa shape index (κ2) is 3.54. The molecule has 1 heterocycles. The number of carbonyl (C=O) groups is 1. The van der Waals surface area contributed by atoms with E-state index in [1.165, 1.54) is 4.90 Å². The van der Waals surface area contributed by atoms with Crippen molar-refractivity contribution in [1.82, 2.24) is 4.90 Å². The normalized spacial score (nSPS) is 26.4. The maximum Gasteiger partial charge on any atom is 0.407 e. The molecular formula is C9H17NO3. The molecular weight excluding hydrogens is 170 g/mol. The summed E-state index contributed by atoms with van der Waals surface area (Å²) < 4.78 is 0. The average molecular weight is 187 g/mol. The highest BCUT2D eigenvalue weighted by molar-refractivity contribution is 5.66. The second-order valence-electron chi connectivity index (χ2n) is 4.29. The summed E-state index contributed by atoms with van der Waals surface area (Å²) in [6.45, 7) is 4.56. The Morgan fingerprint density at radius 2 is 2.23 bits per heavy atom. The molecule has 1 fully saturated rings. The van der Waals surface area contributed by atoms with Crippen molar-refractivity contribution in [1.29, 1.82) is 0 Å². The molecule has 1 rings (SSSR count). The third kappa shape index (κ3) is 2.12. The van der Waals surface area contributed by atoms with Crippen molar-refractivity contribution < 1.29 is 15.0 Å². The van der Waals surface area contributed by atoms with Gasteiger partial charge in [-0.3, -0.25) is 0 Å². The Morgan fingerprint density at radius 1 is 1.62 bits per heavy atom. The fourth-order valence-corrected chi connectivity index (χ4v) is 2.10. The van der Waals surface area contributed by atoms with Crippen LogP contribution in [0.25, 0.3) is 0 Å². The average Bonchev–Trinajstić information content (AvgIpc) is 2.26. The highest BCUT2D eigenvalue weighted by Gasteiger charge is 2.40. The molecule has 1 saturated heterocycles. The lowest BCUT2D eigenvalue weighted by Crippen LogP contribution is -2.41. The van der Waals surface area contributed by atoms with E-state index in [4.69, 9.17) is 10.2 Å². The molecule has 2 N–H and O–H groups in total. The van der Waals surface area contributed by atoms with Gasteiger partial charge in [0, 0.05) is 18.7 Å². The fourth-order valence-electron chi connectivity index (χ4n) is 2.10. The molecule has 0 bridgehead atoms. The Bertz CT molecular complexity index is 203. The van der Waals surface area contributed by atoms with E-state index < -0.39 is 6.09 Å². The van der Waals surface area contributed by atoms with E-state index >= 15 is 0 Å². The summed E-state index contributed by atoms with van der Waals surface area (Å²) in [5.74, 6) is 0.316. The van der Waals surface area contributed by atoms with Gasteiger partial charge in [-0.05, 0) is 32.6 Å². The zero-order chi connectivity index (χ0) is 10.1. The van der Waals surface area contributed by atoms with E-state index in [1.807, 2.05) is 13.8 Å². The van der Waals surface area contributed by atoms with E-state index in [-0.39, 0.29) is 12.1 Å². The number of carboxylic acid groups (broad SMARTS) is 1. The van der Waals surface area contributed by atoms with Crippen LogP contribution >= 0.6 is 0 Å².